The summed E-state index contributed by atoms with van der Waals surface area (Å²) in [6.45, 7) is 2.89. The predicted octanol–water partition coefficient (Wildman–Crippen LogP) is 7.10. The van der Waals surface area contributed by atoms with E-state index in [1.54, 1.807) is 0 Å². The second-order valence-electron chi connectivity index (χ2n) is 8.03. The third-order valence-corrected chi connectivity index (χ3v) is 9.07. The van der Waals surface area contributed by atoms with Crippen molar-refractivity contribution < 1.29 is 4.74 Å². The minimum absolute atomic E-state index is 0.317. The van der Waals surface area contributed by atoms with E-state index in [1.807, 2.05) is 0 Å². The van der Waals surface area contributed by atoms with Gasteiger partial charge in [0.2, 0.25) is 0 Å². The fourth-order valence-electron chi connectivity index (χ4n) is 4.12. The quantitative estimate of drug-likeness (QED) is 0.128. The molecule has 8 heteroatoms. The first-order valence-electron chi connectivity index (χ1n) is 11.1. The molecule has 0 saturated heterocycles. The van der Waals surface area contributed by atoms with Gasteiger partial charge in [-0.25, -0.2) is 14.0 Å². The number of isothiocyanates is 3. The Hall–Kier alpha value is -1.20. The Morgan fingerprint density at radius 3 is 2.06 bits per heavy atom. The number of benzene rings is 1. The van der Waals surface area contributed by atoms with Crippen LogP contribution in [0.15, 0.2) is 38.2 Å². The zero-order valence-electron chi connectivity index (χ0n) is 18.2. The van der Waals surface area contributed by atoms with Crippen molar-refractivity contribution in [2.24, 2.45) is 14.0 Å². The minimum atomic E-state index is -2.80. The zero-order chi connectivity index (χ0) is 22.4. The number of aryl methyl sites for hydroxylation is 1. The number of ether oxygens (including phenoxy) is 1. The Labute approximate surface area is 203 Å². The average molecular weight is 490 g/mol. The molecule has 1 saturated carbocycles. The Morgan fingerprint density at radius 1 is 0.903 bits per heavy atom. The van der Waals surface area contributed by atoms with Crippen molar-refractivity contribution >= 4 is 60.7 Å². The van der Waals surface area contributed by atoms with E-state index in [-0.39, 0.29) is 0 Å². The molecule has 0 N–H and O–H groups in total. The molecule has 1 aliphatic rings. The molecule has 1 aromatic rings. The van der Waals surface area contributed by atoms with Gasteiger partial charge in [-0.05, 0) is 98.6 Å². The number of nitrogens with zero attached hydrogens (tertiary/aromatic N) is 3. The van der Waals surface area contributed by atoms with E-state index in [2.05, 4.69) is 60.6 Å². The average Bonchev–Trinajstić information content (AvgIpc) is 2.78. The Balaban J connectivity index is 1.75. The summed E-state index contributed by atoms with van der Waals surface area (Å²) in [6.07, 6.45) is 10.7. The minimum Gasteiger partial charge on any atom is -0.378 e. The van der Waals surface area contributed by atoms with E-state index < -0.39 is 8.56 Å². The predicted molar refractivity (Wildman–Crippen MR) is 141 cm³/mol. The SMILES string of the molecule is CCCCCc1ccc(C2CCC(OCCC[Si](N=C=S)(N=C=S)N=C=S)CC2)cc1. The van der Waals surface area contributed by atoms with Crippen molar-refractivity contribution in [3.8, 4) is 0 Å². The van der Waals surface area contributed by atoms with Crippen LogP contribution in [0.4, 0.5) is 0 Å². The van der Waals surface area contributed by atoms with E-state index in [1.165, 1.54) is 49.7 Å². The van der Waals surface area contributed by atoms with Crippen LogP contribution in [0.5, 0.6) is 0 Å². The highest BCUT2D eigenvalue weighted by atomic mass is 32.1. The van der Waals surface area contributed by atoms with Crippen LogP contribution in [0.3, 0.4) is 0 Å². The van der Waals surface area contributed by atoms with Gasteiger partial charge in [0, 0.05) is 12.7 Å². The summed E-state index contributed by atoms with van der Waals surface area (Å²) < 4.78 is 18.6. The van der Waals surface area contributed by atoms with Gasteiger partial charge in [0.05, 0.1) is 21.6 Å². The highest BCUT2D eigenvalue weighted by molar-refractivity contribution is 7.78. The number of rotatable bonds is 13. The Kier molecular flexibility index (Phi) is 12.4. The molecule has 1 fully saturated rings. The number of hydrogen-bond acceptors (Lipinski definition) is 7. The van der Waals surface area contributed by atoms with Gasteiger partial charge in [-0.2, -0.15) is 0 Å². The second-order valence-corrected chi connectivity index (χ2v) is 11.3. The summed E-state index contributed by atoms with van der Waals surface area (Å²) in [6, 6.07) is 9.92. The topological polar surface area (TPSA) is 46.3 Å². The second kappa shape index (κ2) is 14.8. The van der Waals surface area contributed by atoms with Gasteiger partial charge < -0.3 is 4.74 Å². The zero-order valence-corrected chi connectivity index (χ0v) is 21.7. The first kappa shape index (κ1) is 26.1. The summed E-state index contributed by atoms with van der Waals surface area (Å²) in [5.41, 5.74) is 2.94. The molecule has 0 radical (unpaired) electrons. The Bertz CT molecular complexity index is 775. The molecule has 0 heterocycles. The molecule has 0 bridgehead atoms. The van der Waals surface area contributed by atoms with E-state index in [0.717, 1.165) is 19.3 Å². The fraction of sp³-hybridized carbons (Fsp3) is 0.609. The van der Waals surface area contributed by atoms with Crippen molar-refractivity contribution in [3.05, 3.63) is 35.4 Å². The lowest BCUT2D eigenvalue weighted by Crippen LogP contribution is -2.28. The third kappa shape index (κ3) is 9.05. The van der Waals surface area contributed by atoms with Crippen LogP contribution in [0.1, 0.15) is 75.3 Å². The van der Waals surface area contributed by atoms with Crippen molar-refractivity contribution in [3.63, 3.8) is 0 Å². The largest absolute Gasteiger partial charge is 0.461 e. The van der Waals surface area contributed by atoms with Gasteiger partial charge >= 0.3 is 8.56 Å². The van der Waals surface area contributed by atoms with Crippen LogP contribution in [0, 0.1) is 0 Å². The molecule has 2 rings (SSSR count). The third-order valence-electron chi connectivity index (χ3n) is 5.88. The normalized spacial score (nSPS) is 19.9. The highest BCUT2D eigenvalue weighted by Gasteiger charge is 2.34. The van der Waals surface area contributed by atoms with E-state index in [4.69, 9.17) is 41.4 Å². The highest BCUT2D eigenvalue weighted by Crippen LogP contribution is 2.34. The van der Waals surface area contributed by atoms with Gasteiger partial charge in [0.25, 0.3) is 0 Å². The van der Waals surface area contributed by atoms with Crippen molar-refractivity contribution in [1.82, 2.24) is 0 Å². The molecule has 0 aromatic heterocycles. The van der Waals surface area contributed by atoms with Crippen LogP contribution in [0.25, 0.3) is 0 Å². The maximum atomic E-state index is 6.13. The summed E-state index contributed by atoms with van der Waals surface area (Å²) in [5, 5.41) is 7.12. The standard InChI is InChI=1S/C23H31N3OS3Si/c1-2-3-4-6-20-7-9-21(10-8-20)22-11-13-23(14-12-22)27-15-5-16-31(24-17-28,25-18-29)26-19-30/h7-10,22-23H,2-6,11-16H2,1H3. The lowest BCUT2D eigenvalue weighted by molar-refractivity contribution is 0.0250. The van der Waals surface area contributed by atoms with Gasteiger partial charge in [0.1, 0.15) is 0 Å². The molecule has 31 heavy (non-hydrogen) atoms. The van der Waals surface area contributed by atoms with E-state index in [9.17, 15) is 0 Å². The molecule has 0 spiro atoms. The monoisotopic (exact) mass is 489 g/mol. The lowest BCUT2D eigenvalue weighted by atomic mass is 9.82. The summed E-state index contributed by atoms with van der Waals surface area (Å²) >= 11 is 14.2. The molecular weight excluding hydrogens is 459 g/mol. The van der Waals surface area contributed by atoms with Crippen LogP contribution in [-0.2, 0) is 11.2 Å². The molecule has 1 aliphatic carbocycles. The summed E-state index contributed by atoms with van der Waals surface area (Å²) in [5.74, 6) is 0.649. The van der Waals surface area contributed by atoms with E-state index in [0.29, 0.717) is 24.7 Å². The van der Waals surface area contributed by atoms with Crippen LogP contribution < -0.4 is 0 Å². The molecule has 0 unspecified atom stereocenters. The van der Waals surface area contributed by atoms with Gasteiger partial charge in [-0.3, -0.25) is 0 Å². The molecule has 4 nitrogen and oxygen atoms in total. The fourth-order valence-corrected chi connectivity index (χ4v) is 6.98. The number of unbranched alkanes of at least 4 members (excludes halogenated alkanes) is 2. The summed E-state index contributed by atoms with van der Waals surface area (Å²) in [7, 11) is -2.80. The van der Waals surface area contributed by atoms with Crippen LogP contribution >= 0.6 is 36.7 Å². The summed E-state index contributed by atoms with van der Waals surface area (Å²) in [4.78, 5) is 0. The van der Waals surface area contributed by atoms with Crippen LogP contribution in [0.2, 0.25) is 6.04 Å². The van der Waals surface area contributed by atoms with Gasteiger partial charge in [-0.1, -0.05) is 44.0 Å². The molecular formula is C23H31N3OS3Si. The molecule has 1 aromatic carbocycles. The first-order chi connectivity index (χ1) is 15.2. The van der Waals surface area contributed by atoms with E-state index >= 15 is 0 Å². The van der Waals surface area contributed by atoms with Crippen LogP contribution in [-0.4, -0.2) is 36.8 Å². The molecule has 166 valence electrons. The first-order valence-corrected chi connectivity index (χ1v) is 14.4. The lowest BCUT2D eigenvalue weighted by Gasteiger charge is -2.29. The number of hydrogen-bond donors (Lipinski definition) is 0. The van der Waals surface area contributed by atoms with Crippen molar-refractivity contribution in [1.29, 1.82) is 0 Å². The molecule has 0 atom stereocenters. The van der Waals surface area contributed by atoms with Gasteiger partial charge in [0.15, 0.2) is 0 Å². The molecule has 0 aliphatic heterocycles. The maximum absolute atomic E-state index is 6.13. The molecule has 0 amide bonds. The van der Waals surface area contributed by atoms with Crippen molar-refractivity contribution in [2.75, 3.05) is 6.61 Å². The van der Waals surface area contributed by atoms with Crippen molar-refractivity contribution in [2.45, 2.75) is 82.8 Å². The number of thiocarbonyl (C=S) groups is 3. The Morgan fingerprint density at radius 2 is 1.52 bits per heavy atom. The maximum Gasteiger partial charge on any atom is 0.461 e. The van der Waals surface area contributed by atoms with Gasteiger partial charge in [-0.15, -0.1) is 0 Å². The smallest absolute Gasteiger partial charge is 0.378 e.